The van der Waals surface area contributed by atoms with E-state index in [1.54, 1.807) is 18.3 Å². The third-order valence-electron chi connectivity index (χ3n) is 3.81. The second-order valence-corrected chi connectivity index (χ2v) is 9.56. The standard InChI is InChI=1S/C17H19N3O3S2/c1-17(2,25(3,21)22)23-15-9-6-10-18-14(15)11-24-16-19-12-7-4-5-8-13(12)20-16/h4-10H,11H2,1-3H3,(H,19,20). The molecule has 0 spiro atoms. The van der Waals surface area contributed by atoms with Gasteiger partial charge in [-0.25, -0.2) is 13.4 Å². The molecule has 2 heterocycles. The van der Waals surface area contributed by atoms with Gasteiger partial charge in [0.25, 0.3) is 0 Å². The van der Waals surface area contributed by atoms with Gasteiger partial charge in [0.05, 0.1) is 16.7 Å². The van der Waals surface area contributed by atoms with E-state index in [1.807, 2.05) is 24.3 Å². The predicted octanol–water partition coefficient (Wildman–Crippen LogP) is 3.41. The van der Waals surface area contributed by atoms with Crippen molar-refractivity contribution >= 4 is 32.6 Å². The number of thioether (sulfide) groups is 1. The maximum absolute atomic E-state index is 11.9. The number of fused-ring (bicyclic) bond motifs is 1. The van der Waals surface area contributed by atoms with Gasteiger partial charge in [0.15, 0.2) is 15.0 Å². The summed E-state index contributed by atoms with van der Waals surface area (Å²) < 4.78 is 29.5. The van der Waals surface area contributed by atoms with Crippen LogP contribution in [0, 0.1) is 0 Å². The summed E-state index contributed by atoms with van der Waals surface area (Å²) in [5, 5.41) is 0.778. The molecule has 0 saturated heterocycles. The van der Waals surface area contributed by atoms with Crippen LogP contribution in [0.2, 0.25) is 0 Å². The van der Waals surface area contributed by atoms with Gasteiger partial charge in [-0.05, 0) is 38.1 Å². The fourth-order valence-electron chi connectivity index (χ4n) is 2.10. The van der Waals surface area contributed by atoms with Crippen LogP contribution in [-0.4, -0.2) is 34.6 Å². The van der Waals surface area contributed by atoms with E-state index in [9.17, 15) is 8.42 Å². The predicted molar refractivity (Wildman–Crippen MR) is 99.4 cm³/mol. The summed E-state index contributed by atoms with van der Waals surface area (Å²) in [5.41, 5.74) is 2.55. The smallest absolute Gasteiger partial charge is 0.203 e. The van der Waals surface area contributed by atoms with Gasteiger partial charge in [0.2, 0.25) is 4.93 Å². The molecule has 0 aliphatic rings. The van der Waals surface area contributed by atoms with E-state index in [4.69, 9.17) is 4.74 Å². The van der Waals surface area contributed by atoms with Gasteiger partial charge < -0.3 is 9.72 Å². The van der Waals surface area contributed by atoms with Crippen LogP contribution in [0.25, 0.3) is 11.0 Å². The van der Waals surface area contributed by atoms with Crippen LogP contribution in [0.15, 0.2) is 47.8 Å². The zero-order chi connectivity index (χ0) is 18.1. The lowest BCUT2D eigenvalue weighted by molar-refractivity contribution is 0.191. The number of aromatic amines is 1. The Labute approximate surface area is 151 Å². The SMILES string of the molecule is CC(C)(Oc1cccnc1CSc1nc2ccccc2[nH]1)S(C)(=O)=O. The van der Waals surface area contributed by atoms with E-state index in [2.05, 4.69) is 15.0 Å². The highest BCUT2D eigenvalue weighted by Crippen LogP contribution is 2.29. The fourth-order valence-corrected chi connectivity index (χ4v) is 3.18. The first-order valence-electron chi connectivity index (χ1n) is 7.66. The molecule has 8 heteroatoms. The third kappa shape index (κ3) is 3.96. The summed E-state index contributed by atoms with van der Waals surface area (Å²) in [6.07, 6.45) is 2.82. The van der Waals surface area contributed by atoms with Crippen molar-refractivity contribution in [3.8, 4) is 5.75 Å². The number of hydrogen-bond donors (Lipinski definition) is 1. The lowest BCUT2D eigenvalue weighted by Gasteiger charge is -2.25. The number of nitrogens with zero attached hydrogens (tertiary/aromatic N) is 2. The Morgan fingerprint density at radius 3 is 2.68 bits per heavy atom. The molecule has 0 atom stereocenters. The molecule has 0 unspecified atom stereocenters. The number of imidazole rings is 1. The van der Waals surface area contributed by atoms with Crippen molar-refractivity contribution in [1.29, 1.82) is 0 Å². The molecule has 25 heavy (non-hydrogen) atoms. The Morgan fingerprint density at radius 2 is 1.96 bits per heavy atom. The highest BCUT2D eigenvalue weighted by molar-refractivity contribution is 7.98. The monoisotopic (exact) mass is 377 g/mol. The largest absolute Gasteiger partial charge is 0.470 e. The number of para-hydroxylation sites is 2. The normalized spacial score (nSPS) is 12.4. The van der Waals surface area contributed by atoms with E-state index in [0.29, 0.717) is 17.2 Å². The van der Waals surface area contributed by atoms with E-state index in [0.717, 1.165) is 22.4 Å². The highest BCUT2D eigenvalue weighted by Gasteiger charge is 2.33. The molecule has 0 fully saturated rings. The van der Waals surface area contributed by atoms with Crippen molar-refractivity contribution in [3.63, 3.8) is 0 Å². The number of nitrogens with one attached hydrogen (secondary N) is 1. The zero-order valence-corrected chi connectivity index (χ0v) is 15.8. The van der Waals surface area contributed by atoms with Gasteiger partial charge in [0, 0.05) is 18.2 Å². The van der Waals surface area contributed by atoms with Crippen molar-refractivity contribution in [1.82, 2.24) is 15.0 Å². The number of aromatic nitrogens is 3. The second-order valence-electron chi connectivity index (χ2n) is 6.07. The molecule has 0 radical (unpaired) electrons. The highest BCUT2D eigenvalue weighted by atomic mass is 32.2. The summed E-state index contributed by atoms with van der Waals surface area (Å²) in [6, 6.07) is 11.3. The van der Waals surface area contributed by atoms with Gasteiger partial charge in [-0.1, -0.05) is 23.9 Å². The van der Waals surface area contributed by atoms with E-state index in [1.165, 1.54) is 25.6 Å². The summed E-state index contributed by atoms with van der Waals surface area (Å²) in [4.78, 5) is 10.8. The average Bonchev–Trinajstić information content (AvgIpc) is 2.95. The number of hydrogen-bond acceptors (Lipinski definition) is 6. The minimum atomic E-state index is -3.38. The van der Waals surface area contributed by atoms with Gasteiger partial charge >= 0.3 is 0 Å². The van der Waals surface area contributed by atoms with Crippen LogP contribution in [-0.2, 0) is 15.6 Å². The molecule has 0 bridgehead atoms. The maximum Gasteiger partial charge on any atom is 0.203 e. The van der Waals surface area contributed by atoms with Crippen molar-refractivity contribution in [2.75, 3.05) is 6.26 Å². The first-order valence-corrected chi connectivity index (χ1v) is 10.5. The van der Waals surface area contributed by atoms with Gasteiger partial charge in [0.1, 0.15) is 5.75 Å². The topological polar surface area (TPSA) is 84.9 Å². The van der Waals surface area contributed by atoms with E-state index >= 15 is 0 Å². The van der Waals surface area contributed by atoms with Crippen molar-refractivity contribution in [2.45, 2.75) is 29.7 Å². The molecule has 6 nitrogen and oxygen atoms in total. The maximum atomic E-state index is 11.9. The fraction of sp³-hybridized carbons (Fsp3) is 0.294. The molecule has 2 aromatic heterocycles. The molecule has 0 saturated carbocycles. The van der Waals surface area contributed by atoms with Crippen molar-refractivity contribution < 1.29 is 13.2 Å². The van der Waals surface area contributed by atoms with Crippen LogP contribution in [0.1, 0.15) is 19.5 Å². The number of rotatable bonds is 6. The zero-order valence-electron chi connectivity index (χ0n) is 14.2. The molecule has 1 N–H and O–H groups in total. The lowest BCUT2D eigenvalue weighted by Crippen LogP contribution is -2.37. The van der Waals surface area contributed by atoms with Crippen LogP contribution in [0.3, 0.4) is 0 Å². The molecular formula is C17H19N3O3S2. The van der Waals surface area contributed by atoms with Crippen molar-refractivity contribution in [2.24, 2.45) is 0 Å². The number of H-pyrrole nitrogens is 1. The molecule has 3 rings (SSSR count). The van der Waals surface area contributed by atoms with E-state index < -0.39 is 14.8 Å². The molecule has 0 amide bonds. The summed E-state index contributed by atoms with van der Waals surface area (Å²) in [5.74, 6) is 0.970. The second kappa shape index (κ2) is 6.68. The number of pyridine rings is 1. The first-order chi connectivity index (χ1) is 11.8. The summed E-state index contributed by atoms with van der Waals surface area (Å²) in [6.45, 7) is 3.07. The molecule has 132 valence electrons. The Kier molecular flexibility index (Phi) is 4.75. The Bertz CT molecular complexity index is 964. The number of sulfone groups is 1. The minimum absolute atomic E-state index is 0.460. The van der Waals surface area contributed by atoms with Crippen molar-refractivity contribution in [3.05, 3.63) is 48.3 Å². The average molecular weight is 377 g/mol. The van der Waals surface area contributed by atoms with Crippen LogP contribution in [0.5, 0.6) is 5.75 Å². The minimum Gasteiger partial charge on any atom is -0.470 e. The quantitative estimate of drug-likeness (QED) is 0.663. The van der Waals surface area contributed by atoms with Crippen LogP contribution >= 0.6 is 11.8 Å². The molecule has 3 aromatic rings. The Morgan fingerprint density at radius 1 is 1.20 bits per heavy atom. The number of ether oxygens (including phenoxy) is 1. The molecule has 1 aromatic carbocycles. The van der Waals surface area contributed by atoms with Gasteiger partial charge in [-0.15, -0.1) is 0 Å². The Balaban J connectivity index is 1.79. The Hall–Kier alpha value is -2.06. The van der Waals surface area contributed by atoms with Crippen LogP contribution < -0.4 is 4.74 Å². The third-order valence-corrected chi connectivity index (χ3v) is 6.56. The first kappa shape index (κ1) is 17.8. The lowest BCUT2D eigenvalue weighted by atomic mass is 10.3. The van der Waals surface area contributed by atoms with Crippen LogP contribution in [0.4, 0.5) is 0 Å². The molecule has 0 aliphatic carbocycles. The van der Waals surface area contributed by atoms with Gasteiger partial charge in [-0.3, -0.25) is 4.98 Å². The molecular weight excluding hydrogens is 358 g/mol. The summed E-state index contributed by atoms with van der Waals surface area (Å²) >= 11 is 1.49. The van der Waals surface area contributed by atoms with E-state index in [-0.39, 0.29) is 0 Å². The number of benzene rings is 1. The molecule has 0 aliphatic heterocycles. The summed E-state index contributed by atoms with van der Waals surface area (Å²) in [7, 11) is -3.38. The van der Waals surface area contributed by atoms with Gasteiger partial charge in [-0.2, -0.15) is 0 Å².